The first kappa shape index (κ1) is 15.9. The molecule has 0 bridgehead atoms. The summed E-state index contributed by atoms with van der Waals surface area (Å²) in [5.41, 5.74) is 1.05. The van der Waals surface area contributed by atoms with Gasteiger partial charge in [-0.3, -0.25) is 0 Å². The van der Waals surface area contributed by atoms with Crippen molar-refractivity contribution in [3.8, 4) is 0 Å². The van der Waals surface area contributed by atoms with Gasteiger partial charge < -0.3 is 10.1 Å². The molecule has 1 N–H and O–H groups in total. The zero-order valence-corrected chi connectivity index (χ0v) is 13.1. The zero-order chi connectivity index (χ0) is 14.5. The van der Waals surface area contributed by atoms with Crippen LogP contribution in [0.5, 0.6) is 0 Å². The van der Waals surface area contributed by atoms with E-state index >= 15 is 0 Å². The molecule has 1 aromatic rings. The summed E-state index contributed by atoms with van der Waals surface area (Å²) in [5, 5.41) is 3.34. The van der Waals surface area contributed by atoms with Crippen molar-refractivity contribution < 1.29 is 4.74 Å². The molecule has 0 saturated heterocycles. The van der Waals surface area contributed by atoms with E-state index in [4.69, 9.17) is 4.74 Å². The Hall–Kier alpha value is -1.16. The molecule has 1 aromatic heterocycles. The summed E-state index contributed by atoms with van der Waals surface area (Å²) in [7, 11) is 0. The molecular formula is C15H27N3O. The summed E-state index contributed by atoms with van der Waals surface area (Å²) < 4.78 is 5.60. The van der Waals surface area contributed by atoms with Crippen LogP contribution in [0.3, 0.4) is 0 Å². The average molecular weight is 265 g/mol. The predicted molar refractivity (Wildman–Crippen MR) is 79.6 cm³/mol. The minimum absolute atomic E-state index is 0.00622. The first-order valence-electron chi connectivity index (χ1n) is 7.13. The molecule has 0 aliphatic heterocycles. The normalized spacial score (nSPS) is 13.4. The number of anilines is 1. The third kappa shape index (κ3) is 4.78. The lowest BCUT2D eigenvalue weighted by Crippen LogP contribution is -2.18. The van der Waals surface area contributed by atoms with Crippen molar-refractivity contribution in [2.75, 3.05) is 18.5 Å². The van der Waals surface area contributed by atoms with Gasteiger partial charge in [-0.15, -0.1) is 0 Å². The Bertz CT molecular complexity index is 399. The van der Waals surface area contributed by atoms with Crippen LogP contribution >= 0.6 is 0 Å². The highest BCUT2D eigenvalue weighted by Crippen LogP contribution is 2.24. The molecule has 1 heterocycles. The lowest BCUT2D eigenvalue weighted by atomic mass is 9.92. The number of rotatable bonds is 6. The van der Waals surface area contributed by atoms with E-state index in [9.17, 15) is 0 Å². The van der Waals surface area contributed by atoms with Gasteiger partial charge in [0.25, 0.3) is 0 Å². The Labute approximate surface area is 117 Å². The van der Waals surface area contributed by atoms with Gasteiger partial charge >= 0.3 is 0 Å². The van der Waals surface area contributed by atoms with Gasteiger partial charge in [-0.1, -0.05) is 27.7 Å². The Balaban J connectivity index is 3.08. The van der Waals surface area contributed by atoms with E-state index in [1.165, 1.54) is 0 Å². The van der Waals surface area contributed by atoms with Crippen LogP contribution in [0.15, 0.2) is 6.07 Å². The maximum absolute atomic E-state index is 5.60. The first-order valence-corrected chi connectivity index (χ1v) is 7.13. The van der Waals surface area contributed by atoms with Gasteiger partial charge in [0.05, 0.1) is 5.69 Å². The molecule has 19 heavy (non-hydrogen) atoms. The fourth-order valence-corrected chi connectivity index (χ4v) is 1.70. The summed E-state index contributed by atoms with van der Waals surface area (Å²) in [5.74, 6) is 1.65. The second-order valence-electron chi connectivity index (χ2n) is 5.77. The largest absolute Gasteiger partial charge is 0.371 e. The van der Waals surface area contributed by atoms with Crippen molar-refractivity contribution in [1.29, 1.82) is 0 Å². The molecule has 1 rings (SSSR count). The predicted octanol–water partition coefficient (Wildman–Crippen LogP) is 3.69. The molecular weight excluding hydrogens is 238 g/mol. The number of nitrogens with one attached hydrogen (secondary N) is 1. The van der Waals surface area contributed by atoms with Crippen molar-refractivity contribution in [3.05, 3.63) is 17.6 Å². The molecule has 0 amide bonds. The monoisotopic (exact) mass is 265 g/mol. The standard InChI is InChI=1S/C15H27N3O/c1-7-9-16-13-10-12(15(4,5)6)17-14(18-13)11(3)19-8-2/h10-11H,7-9H2,1-6H3,(H,16,17,18). The Morgan fingerprint density at radius 3 is 2.47 bits per heavy atom. The molecule has 4 heteroatoms. The van der Waals surface area contributed by atoms with Crippen LogP contribution in [0.25, 0.3) is 0 Å². The SMILES string of the molecule is CCCNc1cc(C(C)(C)C)nc(C(C)OCC)n1. The molecule has 0 spiro atoms. The average Bonchev–Trinajstić information content (AvgIpc) is 2.35. The summed E-state index contributed by atoms with van der Waals surface area (Å²) in [6, 6.07) is 2.04. The number of hydrogen-bond donors (Lipinski definition) is 1. The molecule has 1 atom stereocenters. The molecule has 0 aromatic carbocycles. The van der Waals surface area contributed by atoms with Crippen LogP contribution in [0, 0.1) is 0 Å². The number of hydrogen-bond acceptors (Lipinski definition) is 4. The second-order valence-corrected chi connectivity index (χ2v) is 5.77. The van der Waals surface area contributed by atoms with Crippen LogP contribution < -0.4 is 5.32 Å². The van der Waals surface area contributed by atoms with Crippen molar-refractivity contribution in [1.82, 2.24) is 9.97 Å². The molecule has 0 saturated carbocycles. The first-order chi connectivity index (χ1) is 8.88. The van der Waals surface area contributed by atoms with Crippen molar-refractivity contribution in [2.45, 2.75) is 59.5 Å². The maximum Gasteiger partial charge on any atom is 0.159 e. The van der Waals surface area contributed by atoms with Crippen LogP contribution in [0.1, 0.15) is 65.6 Å². The summed E-state index contributed by atoms with van der Waals surface area (Å²) in [4.78, 5) is 9.21. The summed E-state index contributed by atoms with van der Waals surface area (Å²) in [6.07, 6.45) is 1.00. The summed E-state index contributed by atoms with van der Waals surface area (Å²) >= 11 is 0. The van der Waals surface area contributed by atoms with Crippen LogP contribution in [0.4, 0.5) is 5.82 Å². The smallest absolute Gasteiger partial charge is 0.159 e. The van der Waals surface area contributed by atoms with Crippen molar-refractivity contribution in [3.63, 3.8) is 0 Å². The van der Waals surface area contributed by atoms with Gasteiger partial charge in [0.15, 0.2) is 5.82 Å². The van der Waals surface area contributed by atoms with E-state index in [0.29, 0.717) is 6.61 Å². The highest BCUT2D eigenvalue weighted by atomic mass is 16.5. The fourth-order valence-electron chi connectivity index (χ4n) is 1.70. The lowest BCUT2D eigenvalue weighted by Gasteiger charge is -2.21. The van der Waals surface area contributed by atoms with Crippen LogP contribution in [-0.2, 0) is 10.2 Å². The lowest BCUT2D eigenvalue weighted by molar-refractivity contribution is 0.0698. The number of aromatic nitrogens is 2. The van der Waals surface area contributed by atoms with Crippen LogP contribution in [-0.4, -0.2) is 23.1 Å². The molecule has 0 fully saturated rings. The number of nitrogens with zero attached hydrogens (tertiary/aromatic N) is 2. The molecule has 0 aliphatic rings. The van der Waals surface area contributed by atoms with E-state index in [0.717, 1.165) is 30.3 Å². The van der Waals surface area contributed by atoms with E-state index in [1.54, 1.807) is 0 Å². The molecule has 4 nitrogen and oxygen atoms in total. The van der Waals surface area contributed by atoms with Gasteiger partial charge in [-0.2, -0.15) is 0 Å². The van der Waals surface area contributed by atoms with Crippen molar-refractivity contribution >= 4 is 5.82 Å². The highest BCUT2D eigenvalue weighted by Gasteiger charge is 2.20. The quantitative estimate of drug-likeness (QED) is 0.852. The minimum Gasteiger partial charge on any atom is -0.371 e. The Morgan fingerprint density at radius 2 is 1.95 bits per heavy atom. The molecule has 0 radical (unpaired) electrons. The van der Waals surface area contributed by atoms with Gasteiger partial charge in [0.1, 0.15) is 11.9 Å². The zero-order valence-electron chi connectivity index (χ0n) is 13.1. The van der Waals surface area contributed by atoms with Gasteiger partial charge in [-0.25, -0.2) is 9.97 Å². The van der Waals surface area contributed by atoms with Gasteiger partial charge in [0, 0.05) is 24.6 Å². The molecule has 108 valence electrons. The maximum atomic E-state index is 5.60. The van der Waals surface area contributed by atoms with Crippen molar-refractivity contribution in [2.24, 2.45) is 0 Å². The van der Waals surface area contributed by atoms with E-state index < -0.39 is 0 Å². The van der Waals surface area contributed by atoms with E-state index in [1.807, 2.05) is 19.9 Å². The van der Waals surface area contributed by atoms with E-state index in [-0.39, 0.29) is 11.5 Å². The fraction of sp³-hybridized carbons (Fsp3) is 0.733. The topological polar surface area (TPSA) is 47.0 Å². The number of ether oxygens (including phenoxy) is 1. The van der Waals surface area contributed by atoms with E-state index in [2.05, 4.69) is 43.0 Å². The minimum atomic E-state index is -0.0746. The Morgan fingerprint density at radius 1 is 1.26 bits per heavy atom. The highest BCUT2D eigenvalue weighted by molar-refractivity contribution is 5.38. The van der Waals surface area contributed by atoms with Crippen LogP contribution in [0.2, 0.25) is 0 Å². The summed E-state index contributed by atoms with van der Waals surface area (Å²) in [6.45, 7) is 14.2. The third-order valence-electron chi connectivity index (χ3n) is 2.85. The third-order valence-corrected chi connectivity index (χ3v) is 2.85. The van der Waals surface area contributed by atoms with Gasteiger partial charge in [-0.05, 0) is 20.3 Å². The Kier molecular flexibility index (Phi) is 5.73. The second kappa shape index (κ2) is 6.85. The molecule has 1 unspecified atom stereocenters. The molecule has 0 aliphatic carbocycles. The van der Waals surface area contributed by atoms with Gasteiger partial charge in [0.2, 0.25) is 0 Å².